The maximum absolute atomic E-state index is 13.5. The molecular weight excluding hydrogens is 554 g/mol. The maximum atomic E-state index is 13.5. The Hall–Kier alpha value is -3.20. The first-order valence-electron chi connectivity index (χ1n) is 11.5. The monoisotopic (exact) mass is 573 g/mol. The van der Waals surface area contributed by atoms with Crippen LogP contribution in [-0.2, 0) is 10.0 Å². The summed E-state index contributed by atoms with van der Waals surface area (Å²) in [7, 11) is -3.96. The Kier molecular flexibility index (Phi) is 6.09. The number of fused-ring (bicyclic) bond motifs is 3. The normalized spacial score (nSPS) is 23.7. The van der Waals surface area contributed by atoms with Crippen LogP contribution in [0.15, 0.2) is 65.4 Å². The van der Waals surface area contributed by atoms with Gasteiger partial charge in [0.05, 0.1) is 17.6 Å². The highest BCUT2D eigenvalue weighted by Gasteiger charge is 2.56. The van der Waals surface area contributed by atoms with Gasteiger partial charge in [-0.15, -0.1) is 11.3 Å². The van der Waals surface area contributed by atoms with Crippen molar-refractivity contribution in [3.8, 4) is 11.4 Å². The van der Waals surface area contributed by atoms with E-state index in [4.69, 9.17) is 11.6 Å². The molecule has 2 N–H and O–H groups in total. The molecule has 2 aliphatic rings. The Bertz CT molecular complexity index is 1630. The van der Waals surface area contributed by atoms with Gasteiger partial charge in [0.2, 0.25) is 0 Å². The molecule has 0 spiro atoms. The second-order valence-corrected chi connectivity index (χ2v) is 12.8. The largest absolute Gasteiger partial charge is 0.619 e. The number of piperazine rings is 1. The zero-order chi connectivity index (χ0) is 26.8. The van der Waals surface area contributed by atoms with Gasteiger partial charge < -0.3 is 20.3 Å². The van der Waals surface area contributed by atoms with E-state index in [9.17, 15) is 28.6 Å². The van der Waals surface area contributed by atoms with Gasteiger partial charge in [-0.25, -0.2) is 18.4 Å². The summed E-state index contributed by atoms with van der Waals surface area (Å²) in [6.45, 7) is -0.369. The van der Waals surface area contributed by atoms with E-state index in [1.165, 1.54) is 34.0 Å². The minimum absolute atomic E-state index is 0.116. The number of aromatic nitrogens is 3. The lowest BCUT2D eigenvalue weighted by molar-refractivity contribution is -0.605. The SMILES string of the molecule is O=C(c1cnc(-c2cc[n+]([O-])cc2)nc1)N1C2CN(S(=O)(=O)c3cc4ccc(Cl)cc4s3)CC1C(O)C2O. The van der Waals surface area contributed by atoms with Gasteiger partial charge in [0.1, 0.15) is 16.4 Å². The molecule has 4 aromatic rings. The van der Waals surface area contributed by atoms with Gasteiger partial charge in [-0.1, -0.05) is 17.7 Å². The molecular formula is C24H20ClN5O6S2. The lowest BCUT2D eigenvalue weighted by Crippen LogP contribution is -2.58. The van der Waals surface area contributed by atoms with Crippen molar-refractivity contribution in [2.24, 2.45) is 0 Å². The zero-order valence-electron chi connectivity index (χ0n) is 19.5. The number of aliphatic hydroxyl groups excluding tert-OH is 2. The van der Waals surface area contributed by atoms with Crippen LogP contribution in [0.5, 0.6) is 0 Å². The van der Waals surface area contributed by atoms with Crippen molar-refractivity contribution in [3.05, 3.63) is 77.0 Å². The fourth-order valence-corrected chi connectivity index (χ4v) is 8.25. The van der Waals surface area contributed by atoms with Crippen molar-refractivity contribution in [2.75, 3.05) is 13.1 Å². The van der Waals surface area contributed by atoms with Gasteiger partial charge in [0.25, 0.3) is 15.9 Å². The molecule has 11 nitrogen and oxygen atoms in total. The molecule has 38 heavy (non-hydrogen) atoms. The first kappa shape index (κ1) is 25.1. The summed E-state index contributed by atoms with van der Waals surface area (Å²) in [5.74, 6) is -0.216. The molecule has 0 aliphatic carbocycles. The van der Waals surface area contributed by atoms with Crippen molar-refractivity contribution in [3.63, 3.8) is 0 Å². The highest BCUT2D eigenvalue weighted by Crippen LogP contribution is 2.38. The first-order chi connectivity index (χ1) is 18.1. The Balaban J connectivity index is 1.26. The van der Waals surface area contributed by atoms with Crippen molar-refractivity contribution in [1.82, 2.24) is 19.2 Å². The summed E-state index contributed by atoms with van der Waals surface area (Å²) in [6.07, 6.45) is 2.61. The molecule has 6 rings (SSSR count). The van der Waals surface area contributed by atoms with Crippen LogP contribution in [0.25, 0.3) is 21.5 Å². The maximum Gasteiger partial charge on any atom is 0.257 e. The van der Waals surface area contributed by atoms with Crippen molar-refractivity contribution in [2.45, 2.75) is 28.5 Å². The molecule has 2 bridgehead atoms. The third-order valence-electron chi connectivity index (χ3n) is 6.88. The molecule has 1 amide bonds. The van der Waals surface area contributed by atoms with Crippen LogP contribution < -0.4 is 4.73 Å². The van der Waals surface area contributed by atoms with Gasteiger partial charge in [0, 0.05) is 52.9 Å². The number of carbonyl (C=O) groups excluding carboxylic acids is 1. The summed E-state index contributed by atoms with van der Waals surface area (Å²) in [4.78, 5) is 23.2. The van der Waals surface area contributed by atoms with Crippen LogP contribution in [0.4, 0.5) is 0 Å². The van der Waals surface area contributed by atoms with E-state index in [2.05, 4.69) is 9.97 Å². The van der Waals surface area contributed by atoms with Crippen LogP contribution in [0.1, 0.15) is 10.4 Å². The Morgan fingerprint density at radius 3 is 2.32 bits per heavy atom. The van der Waals surface area contributed by atoms with E-state index >= 15 is 0 Å². The highest BCUT2D eigenvalue weighted by molar-refractivity contribution is 7.91. The molecule has 196 valence electrons. The predicted molar refractivity (Wildman–Crippen MR) is 138 cm³/mol. The summed E-state index contributed by atoms with van der Waals surface area (Å²) >= 11 is 7.13. The molecule has 2 saturated heterocycles. The quantitative estimate of drug-likeness (QED) is 0.274. The van der Waals surface area contributed by atoms with Crippen LogP contribution in [0.3, 0.4) is 0 Å². The third-order valence-corrected chi connectivity index (χ3v) is 10.5. The lowest BCUT2D eigenvalue weighted by Gasteiger charge is -2.40. The smallest absolute Gasteiger partial charge is 0.257 e. The minimum atomic E-state index is -3.96. The molecule has 0 radical (unpaired) electrons. The fourth-order valence-electron chi connectivity index (χ4n) is 4.94. The topological polar surface area (TPSA) is 151 Å². The second-order valence-electron chi connectivity index (χ2n) is 9.14. The van der Waals surface area contributed by atoms with Crippen LogP contribution in [-0.4, -0.2) is 81.1 Å². The van der Waals surface area contributed by atoms with E-state index in [1.807, 2.05) is 0 Å². The van der Waals surface area contributed by atoms with Crippen LogP contribution in [0.2, 0.25) is 5.02 Å². The van der Waals surface area contributed by atoms with Gasteiger partial charge in [-0.3, -0.25) is 4.79 Å². The molecule has 1 aromatic carbocycles. The van der Waals surface area contributed by atoms with Crippen LogP contribution in [0, 0.1) is 5.21 Å². The van der Waals surface area contributed by atoms with E-state index in [0.717, 1.165) is 21.4 Å². The summed E-state index contributed by atoms with van der Waals surface area (Å²) in [5, 5.41) is 33.9. The number of amides is 1. The minimum Gasteiger partial charge on any atom is -0.619 e. The van der Waals surface area contributed by atoms with Gasteiger partial charge in [-0.05, 0) is 23.6 Å². The van der Waals surface area contributed by atoms with E-state index in [1.54, 1.807) is 36.4 Å². The van der Waals surface area contributed by atoms with E-state index in [-0.39, 0.29) is 22.9 Å². The molecule has 3 aromatic heterocycles. The third kappa shape index (κ3) is 4.11. The molecule has 0 saturated carbocycles. The summed E-state index contributed by atoms with van der Waals surface area (Å²) in [6, 6.07) is 7.85. The van der Waals surface area contributed by atoms with Gasteiger partial charge in [0.15, 0.2) is 18.2 Å². The van der Waals surface area contributed by atoms with Crippen molar-refractivity contribution >= 4 is 49.0 Å². The average molecular weight is 574 g/mol. The summed E-state index contributed by atoms with van der Waals surface area (Å²) < 4.78 is 29.7. The number of benzene rings is 1. The number of halogens is 1. The van der Waals surface area contributed by atoms with Gasteiger partial charge in [-0.2, -0.15) is 9.04 Å². The predicted octanol–water partition coefficient (Wildman–Crippen LogP) is 1.26. The van der Waals surface area contributed by atoms with Crippen molar-refractivity contribution < 1.29 is 28.2 Å². The number of thiophene rings is 1. The van der Waals surface area contributed by atoms with Crippen molar-refractivity contribution in [1.29, 1.82) is 0 Å². The average Bonchev–Trinajstić information content (AvgIpc) is 3.41. The van der Waals surface area contributed by atoms with E-state index < -0.39 is 40.2 Å². The van der Waals surface area contributed by atoms with Crippen LogP contribution >= 0.6 is 22.9 Å². The first-order valence-corrected chi connectivity index (χ1v) is 14.2. The highest BCUT2D eigenvalue weighted by atomic mass is 35.5. The molecule has 14 heteroatoms. The molecule has 4 unspecified atom stereocenters. The fraction of sp³-hybridized carbons (Fsp3) is 0.250. The Morgan fingerprint density at radius 2 is 1.68 bits per heavy atom. The van der Waals surface area contributed by atoms with Gasteiger partial charge >= 0.3 is 0 Å². The number of sulfonamides is 1. The summed E-state index contributed by atoms with van der Waals surface area (Å²) in [5.41, 5.74) is 0.710. The Labute approximate surface area is 225 Å². The Morgan fingerprint density at radius 1 is 1.05 bits per heavy atom. The molecule has 5 heterocycles. The van der Waals surface area contributed by atoms with E-state index in [0.29, 0.717) is 21.1 Å². The number of hydrogen-bond donors (Lipinski definition) is 2. The molecule has 2 aliphatic heterocycles. The number of hydrogen-bond acceptors (Lipinski definition) is 9. The number of aliphatic hydroxyl groups is 2. The second kappa shape index (κ2) is 9.22. The number of carbonyl (C=O) groups is 1. The zero-order valence-corrected chi connectivity index (χ0v) is 21.8. The number of rotatable bonds is 4. The standard InChI is InChI=1S/C24H20ClN5O6S2/c25-16-2-1-14-7-20(37-19(14)8-16)38(35,36)29-11-17-21(31)22(32)18(12-29)30(17)24(33)15-9-26-23(27-10-15)13-3-5-28(34)6-4-13/h1-10,17-18,21-22,31-32H,11-12H2. The molecule has 2 fully saturated rings. The number of pyridine rings is 1. The molecule has 4 atom stereocenters. The number of nitrogens with zero attached hydrogens (tertiary/aromatic N) is 5. The lowest BCUT2D eigenvalue weighted by atomic mass is 10.1.